The van der Waals surface area contributed by atoms with Crippen LogP contribution in [0.3, 0.4) is 0 Å². The zero-order chi connectivity index (χ0) is 23.6. The molecule has 0 saturated carbocycles. The van der Waals surface area contributed by atoms with E-state index >= 15 is 0 Å². The summed E-state index contributed by atoms with van der Waals surface area (Å²) in [6.07, 6.45) is 1.51. The zero-order valence-electron chi connectivity index (χ0n) is 16.7. The number of carbonyl (C=O) groups excluding carboxylic acids is 3. The van der Waals surface area contributed by atoms with Crippen LogP contribution in [0.4, 0.5) is 5.69 Å². The van der Waals surface area contributed by atoms with E-state index in [9.17, 15) is 14.4 Å². The molecule has 0 spiro atoms. The van der Waals surface area contributed by atoms with Gasteiger partial charge in [-0.2, -0.15) is 5.10 Å². The summed E-state index contributed by atoms with van der Waals surface area (Å²) in [6.45, 7) is 2.77. The minimum absolute atomic E-state index is 0.0486. The molecule has 0 aliphatic heterocycles. The van der Waals surface area contributed by atoms with Gasteiger partial charge >= 0.3 is 0 Å². The highest BCUT2D eigenvalue weighted by Gasteiger charge is 2.24. The van der Waals surface area contributed by atoms with Gasteiger partial charge in [-0.25, -0.2) is 9.67 Å². The molecule has 2 amide bonds. The fourth-order valence-corrected chi connectivity index (χ4v) is 3.76. The molecule has 3 aromatic rings. The van der Waals surface area contributed by atoms with Crippen molar-refractivity contribution in [2.45, 2.75) is 13.8 Å². The number of hydrogen-bond donors (Lipinski definition) is 2. The van der Waals surface area contributed by atoms with E-state index in [0.29, 0.717) is 10.2 Å². The molecule has 0 unspecified atom stereocenters. The Morgan fingerprint density at radius 1 is 1.12 bits per heavy atom. The maximum absolute atomic E-state index is 13.2. The third kappa shape index (κ3) is 5.12. The summed E-state index contributed by atoms with van der Waals surface area (Å²) in [4.78, 5) is 41.3. The van der Waals surface area contributed by atoms with Gasteiger partial charge in [0.15, 0.2) is 5.82 Å². The second kappa shape index (κ2) is 9.99. The minimum Gasteiger partial charge on any atom is -0.345 e. The number of hydrogen-bond acceptors (Lipinski definition) is 5. The van der Waals surface area contributed by atoms with Crippen molar-refractivity contribution in [1.82, 2.24) is 20.1 Å². The van der Waals surface area contributed by atoms with E-state index in [1.807, 2.05) is 0 Å². The van der Waals surface area contributed by atoms with E-state index in [1.165, 1.54) is 29.9 Å². The number of aromatic nitrogens is 3. The lowest BCUT2D eigenvalue weighted by Gasteiger charge is -2.16. The Labute approximate surface area is 206 Å². The van der Waals surface area contributed by atoms with Crippen molar-refractivity contribution in [1.29, 1.82) is 0 Å². The van der Waals surface area contributed by atoms with Crippen LogP contribution in [0.25, 0.3) is 5.82 Å². The van der Waals surface area contributed by atoms with Gasteiger partial charge in [-0.05, 0) is 53.5 Å². The van der Waals surface area contributed by atoms with Crippen molar-refractivity contribution in [3.05, 3.63) is 67.0 Å². The van der Waals surface area contributed by atoms with E-state index in [0.717, 1.165) is 0 Å². The summed E-state index contributed by atoms with van der Waals surface area (Å²) < 4.78 is 1.64. The first-order valence-corrected chi connectivity index (χ1v) is 11.0. The van der Waals surface area contributed by atoms with E-state index in [-0.39, 0.29) is 50.2 Å². The number of halogens is 4. The van der Waals surface area contributed by atoms with Crippen molar-refractivity contribution in [2.75, 3.05) is 11.9 Å². The highest BCUT2D eigenvalue weighted by molar-refractivity contribution is 9.10. The third-order valence-electron chi connectivity index (χ3n) is 4.29. The number of Topliss-reactive ketones (excluding diaryl/α,β-unsaturated/α-hetero) is 1. The first-order valence-electron chi connectivity index (χ1n) is 9.04. The molecule has 0 bridgehead atoms. The number of nitrogens with zero attached hydrogens (tertiary/aromatic N) is 3. The molecule has 0 atom stereocenters. The van der Waals surface area contributed by atoms with Gasteiger partial charge in [0.2, 0.25) is 0 Å². The van der Waals surface area contributed by atoms with Gasteiger partial charge in [0.25, 0.3) is 11.8 Å². The van der Waals surface area contributed by atoms with Gasteiger partial charge in [-0.3, -0.25) is 14.4 Å². The maximum atomic E-state index is 13.2. The Morgan fingerprint density at radius 2 is 1.84 bits per heavy atom. The number of amides is 2. The second-order valence-corrected chi connectivity index (χ2v) is 8.64. The number of benzene rings is 1. The van der Waals surface area contributed by atoms with Crippen molar-refractivity contribution in [3.8, 4) is 5.82 Å². The van der Waals surface area contributed by atoms with Crippen LogP contribution in [0.15, 0.2) is 35.1 Å². The molecule has 8 nitrogen and oxygen atoms in total. The Bertz CT molecular complexity index is 1250. The number of rotatable bonds is 6. The Kier molecular flexibility index (Phi) is 7.55. The molecule has 166 valence electrons. The Hall–Kier alpha value is -2.46. The number of ketones is 1. The first kappa shape index (κ1) is 24.2. The molecule has 12 heteroatoms. The molecule has 1 aromatic carbocycles. The van der Waals surface area contributed by atoms with Gasteiger partial charge in [0.05, 0.1) is 32.9 Å². The van der Waals surface area contributed by atoms with E-state index < -0.39 is 11.8 Å². The predicted octanol–water partition coefficient (Wildman–Crippen LogP) is 4.87. The Balaban J connectivity index is 2.04. The third-order valence-corrected chi connectivity index (χ3v) is 5.85. The van der Waals surface area contributed by atoms with Crippen LogP contribution < -0.4 is 10.6 Å². The van der Waals surface area contributed by atoms with Crippen molar-refractivity contribution in [2.24, 2.45) is 0 Å². The molecule has 2 heterocycles. The fourth-order valence-electron chi connectivity index (χ4n) is 2.78. The summed E-state index contributed by atoms with van der Waals surface area (Å²) in [5, 5.41) is 9.99. The second-order valence-electron chi connectivity index (χ2n) is 6.63. The molecule has 0 aliphatic carbocycles. The van der Waals surface area contributed by atoms with Gasteiger partial charge in [0, 0.05) is 12.3 Å². The lowest BCUT2D eigenvalue weighted by atomic mass is 10.1. The summed E-state index contributed by atoms with van der Waals surface area (Å²) >= 11 is 21.9. The van der Waals surface area contributed by atoms with Crippen LogP contribution in [-0.4, -0.2) is 38.9 Å². The lowest BCUT2D eigenvalue weighted by Crippen LogP contribution is -2.30. The first-order chi connectivity index (χ1) is 15.1. The van der Waals surface area contributed by atoms with Crippen LogP contribution >= 0.6 is 50.7 Å². The largest absolute Gasteiger partial charge is 0.345 e. The van der Waals surface area contributed by atoms with Crippen LogP contribution in [0, 0.1) is 6.92 Å². The topological polar surface area (TPSA) is 106 Å². The standard InChI is InChI=1S/C20H15BrCl3N5O3/c1-9(30)8-26-19(31)11-6-13(23)16(24)10(2)17(11)27-20(32)14-7-15(21)28-29(14)18-12(22)4-3-5-25-18/h3-7H,8H2,1-2H3,(H,26,31)(H,27,32). The average molecular weight is 560 g/mol. The molecule has 0 radical (unpaired) electrons. The van der Waals surface area contributed by atoms with Crippen LogP contribution in [0.5, 0.6) is 0 Å². The van der Waals surface area contributed by atoms with E-state index in [4.69, 9.17) is 34.8 Å². The van der Waals surface area contributed by atoms with Gasteiger partial charge in [0.1, 0.15) is 16.1 Å². The van der Waals surface area contributed by atoms with Gasteiger partial charge in [-0.1, -0.05) is 34.8 Å². The molecule has 0 saturated heterocycles. The fraction of sp³-hybridized carbons (Fsp3) is 0.150. The molecule has 2 aromatic heterocycles. The molecule has 3 rings (SSSR count). The lowest BCUT2D eigenvalue weighted by molar-refractivity contribution is -0.116. The van der Waals surface area contributed by atoms with Crippen molar-refractivity contribution < 1.29 is 14.4 Å². The average Bonchev–Trinajstić information content (AvgIpc) is 3.14. The zero-order valence-corrected chi connectivity index (χ0v) is 20.5. The molecular weight excluding hydrogens is 545 g/mol. The predicted molar refractivity (Wildman–Crippen MR) is 126 cm³/mol. The molecule has 2 N–H and O–H groups in total. The van der Waals surface area contributed by atoms with Gasteiger partial charge < -0.3 is 10.6 Å². The molecule has 0 fully saturated rings. The highest BCUT2D eigenvalue weighted by Crippen LogP contribution is 2.35. The van der Waals surface area contributed by atoms with Crippen LogP contribution in [-0.2, 0) is 4.79 Å². The molecule has 0 aliphatic rings. The minimum atomic E-state index is -0.605. The van der Waals surface area contributed by atoms with Crippen molar-refractivity contribution in [3.63, 3.8) is 0 Å². The van der Waals surface area contributed by atoms with Crippen molar-refractivity contribution >= 4 is 74.0 Å². The summed E-state index contributed by atoms with van der Waals surface area (Å²) in [6, 6.07) is 6.06. The number of nitrogens with one attached hydrogen (secondary N) is 2. The number of pyridine rings is 1. The Morgan fingerprint density at radius 3 is 2.50 bits per heavy atom. The molecule has 32 heavy (non-hydrogen) atoms. The summed E-state index contributed by atoms with van der Waals surface area (Å²) in [5.41, 5.74) is 0.661. The van der Waals surface area contributed by atoms with Crippen LogP contribution in [0.1, 0.15) is 33.3 Å². The maximum Gasteiger partial charge on any atom is 0.274 e. The summed E-state index contributed by atoms with van der Waals surface area (Å²) in [7, 11) is 0. The van der Waals surface area contributed by atoms with Crippen LogP contribution in [0.2, 0.25) is 15.1 Å². The van der Waals surface area contributed by atoms with Gasteiger partial charge in [-0.15, -0.1) is 0 Å². The quantitative estimate of drug-likeness (QED) is 0.448. The smallest absolute Gasteiger partial charge is 0.274 e. The van der Waals surface area contributed by atoms with E-state index in [2.05, 4.69) is 36.6 Å². The van der Waals surface area contributed by atoms with E-state index in [1.54, 1.807) is 19.1 Å². The number of anilines is 1. The highest BCUT2D eigenvalue weighted by atomic mass is 79.9. The monoisotopic (exact) mass is 557 g/mol. The SMILES string of the molecule is CC(=O)CNC(=O)c1cc(Cl)c(Cl)c(C)c1NC(=O)c1cc(Br)nn1-c1ncccc1Cl. The normalized spacial score (nSPS) is 10.7. The summed E-state index contributed by atoms with van der Waals surface area (Å²) in [5.74, 6) is -1.19. The number of carbonyl (C=O) groups is 3. The molecular formula is C20H15BrCl3N5O3.